The molecule has 0 spiro atoms. The normalized spacial score (nSPS) is 22.1. The molecule has 1 aliphatic carbocycles. The Balaban J connectivity index is 0.000000524. The molecular formula is C26H47N3O5. The zero-order valence-corrected chi connectivity index (χ0v) is 21.6. The SMILES string of the molecule is C1CCCCC1.CC(=O)N1CCCC1.CC=O.CNC1CC/C=C\CCC(=O)NCCOC1=O. The lowest BCUT2D eigenvalue weighted by molar-refractivity contribution is -0.146. The minimum Gasteiger partial charge on any atom is -0.463 e. The average molecular weight is 482 g/mol. The van der Waals surface area contributed by atoms with Gasteiger partial charge in [0.05, 0.1) is 6.54 Å². The van der Waals surface area contributed by atoms with Crippen molar-refractivity contribution in [3.8, 4) is 0 Å². The summed E-state index contributed by atoms with van der Waals surface area (Å²) in [5.74, 6) is -0.0352. The Labute approximate surface area is 206 Å². The summed E-state index contributed by atoms with van der Waals surface area (Å²) in [5, 5.41) is 5.64. The number of ether oxygens (including phenoxy) is 1. The highest BCUT2D eigenvalue weighted by molar-refractivity contribution is 5.77. The zero-order chi connectivity index (χ0) is 25.4. The molecule has 1 saturated carbocycles. The summed E-state index contributed by atoms with van der Waals surface area (Å²) in [5.41, 5.74) is 0. The van der Waals surface area contributed by atoms with E-state index in [2.05, 4.69) is 10.6 Å². The highest BCUT2D eigenvalue weighted by Crippen LogP contribution is 2.15. The maximum absolute atomic E-state index is 11.6. The molecule has 1 unspecified atom stereocenters. The summed E-state index contributed by atoms with van der Waals surface area (Å²) < 4.78 is 5.07. The number of amides is 2. The number of carbonyl (C=O) groups excluding carboxylic acids is 4. The van der Waals surface area contributed by atoms with Gasteiger partial charge in [-0.25, -0.2) is 0 Å². The smallest absolute Gasteiger partial charge is 0.323 e. The van der Waals surface area contributed by atoms with Crippen LogP contribution in [0.1, 0.15) is 90.9 Å². The van der Waals surface area contributed by atoms with E-state index in [1.54, 1.807) is 14.0 Å². The Hall–Kier alpha value is -2.22. The van der Waals surface area contributed by atoms with Gasteiger partial charge >= 0.3 is 5.97 Å². The summed E-state index contributed by atoms with van der Waals surface area (Å²) in [6, 6.07) is -0.267. The highest BCUT2D eigenvalue weighted by atomic mass is 16.5. The quantitative estimate of drug-likeness (QED) is 0.337. The summed E-state index contributed by atoms with van der Waals surface area (Å²) in [6.45, 7) is 5.65. The standard InChI is InChI=1S/C12H20N2O3.C6H11NO.C6H12.C2H4O/c1-13-10-6-4-2-3-5-7-11(15)14-8-9-17-12(10)16;1-6(8)7-4-2-3-5-7;1-2-4-6-5-3-1;1-2-3/h2-3,10,13H,4-9H2,1H3,(H,14,15);2-5H2,1H3;1-6H2;2H,1H3/b3-2-;;;. The van der Waals surface area contributed by atoms with E-state index in [1.165, 1.54) is 58.3 Å². The van der Waals surface area contributed by atoms with Crippen molar-refractivity contribution in [3.63, 3.8) is 0 Å². The van der Waals surface area contributed by atoms with Crippen LogP contribution in [-0.4, -0.2) is 68.3 Å². The molecule has 3 rings (SSSR count). The third kappa shape index (κ3) is 18.2. The minimum absolute atomic E-state index is 0.00453. The molecule has 8 nitrogen and oxygen atoms in total. The third-order valence-corrected chi connectivity index (χ3v) is 5.68. The van der Waals surface area contributed by atoms with Crippen molar-refractivity contribution in [3.05, 3.63) is 12.2 Å². The summed E-state index contributed by atoms with van der Waals surface area (Å²) in [7, 11) is 1.75. The van der Waals surface area contributed by atoms with Crippen molar-refractivity contribution in [1.29, 1.82) is 0 Å². The van der Waals surface area contributed by atoms with Gasteiger partial charge in [-0.15, -0.1) is 0 Å². The van der Waals surface area contributed by atoms with E-state index >= 15 is 0 Å². The van der Waals surface area contributed by atoms with Crippen molar-refractivity contribution in [2.24, 2.45) is 0 Å². The van der Waals surface area contributed by atoms with Gasteiger partial charge < -0.3 is 25.1 Å². The lowest BCUT2D eigenvalue weighted by atomic mass is 10.0. The van der Waals surface area contributed by atoms with Crippen LogP contribution in [0.5, 0.6) is 0 Å². The molecule has 0 aromatic carbocycles. The number of hydrogen-bond donors (Lipinski definition) is 2. The van der Waals surface area contributed by atoms with Crippen LogP contribution in [0, 0.1) is 0 Å². The second-order valence-electron chi connectivity index (χ2n) is 8.52. The van der Waals surface area contributed by atoms with E-state index in [9.17, 15) is 14.4 Å². The van der Waals surface area contributed by atoms with Crippen LogP contribution in [0.25, 0.3) is 0 Å². The first-order chi connectivity index (χ1) is 16.5. The van der Waals surface area contributed by atoms with Gasteiger partial charge in [0, 0.05) is 26.4 Å². The molecule has 2 fully saturated rings. The molecule has 2 heterocycles. The summed E-state index contributed by atoms with van der Waals surface area (Å²) in [6.07, 6.45) is 18.9. The summed E-state index contributed by atoms with van der Waals surface area (Å²) in [4.78, 5) is 44.2. The van der Waals surface area contributed by atoms with Crippen LogP contribution in [0.3, 0.4) is 0 Å². The predicted molar refractivity (Wildman–Crippen MR) is 135 cm³/mol. The number of aldehydes is 1. The Kier molecular flexibility index (Phi) is 21.1. The molecule has 2 amide bonds. The van der Waals surface area contributed by atoms with Crippen LogP contribution in [0.4, 0.5) is 0 Å². The Morgan fingerprint density at radius 3 is 2.03 bits per heavy atom. The first kappa shape index (κ1) is 31.8. The maximum Gasteiger partial charge on any atom is 0.323 e. The maximum atomic E-state index is 11.6. The number of rotatable bonds is 1. The van der Waals surface area contributed by atoms with Crippen LogP contribution >= 0.6 is 0 Å². The Morgan fingerprint density at radius 2 is 1.56 bits per heavy atom. The van der Waals surface area contributed by atoms with Crippen molar-refractivity contribution >= 4 is 24.1 Å². The van der Waals surface area contributed by atoms with E-state index in [-0.39, 0.29) is 30.4 Å². The van der Waals surface area contributed by atoms with Gasteiger partial charge in [0.1, 0.15) is 18.9 Å². The molecule has 2 N–H and O–H groups in total. The second-order valence-corrected chi connectivity index (χ2v) is 8.52. The fraction of sp³-hybridized carbons (Fsp3) is 0.769. The van der Waals surface area contributed by atoms with Gasteiger partial charge in [-0.3, -0.25) is 14.4 Å². The van der Waals surface area contributed by atoms with Crippen molar-refractivity contribution in [1.82, 2.24) is 15.5 Å². The van der Waals surface area contributed by atoms with Crippen molar-refractivity contribution in [2.75, 3.05) is 33.3 Å². The van der Waals surface area contributed by atoms with Crippen molar-refractivity contribution in [2.45, 2.75) is 96.9 Å². The van der Waals surface area contributed by atoms with Crippen molar-refractivity contribution < 1.29 is 23.9 Å². The number of allylic oxidation sites excluding steroid dienone is 2. The summed E-state index contributed by atoms with van der Waals surface area (Å²) >= 11 is 0. The van der Waals surface area contributed by atoms with Gasteiger partial charge in [0.15, 0.2) is 0 Å². The first-order valence-corrected chi connectivity index (χ1v) is 12.9. The fourth-order valence-corrected chi connectivity index (χ4v) is 3.72. The molecular weight excluding hydrogens is 434 g/mol. The minimum atomic E-state index is -0.267. The lowest BCUT2D eigenvalue weighted by Gasteiger charge is -2.14. The molecule has 3 aliphatic rings. The van der Waals surface area contributed by atoms with Crippen LogP contribution < -0.4 is 10.6 Å². The molecule has 2 aliphatic heterocycles. The van der Waals surface area contributed by atoms with E-state index in [4.69, 9.17) is 9.53 Å². The predicted octanol–water partition coefficient (Wildman–Crippen LogP) is 3.54. The zero-order valence-electron chi connectivity index (χ0n) is 21.6. The monoisotopic (exact) mass is 481 g/mol. The highest BCUT2D eigenvalue weighted by Gasteiger charge is 2.17. The molecule has 0 radical (unpaired) electrons. The van der Waals surface area contributed by atoms with Crippen LogP contribution in [-0.2, 0) is 23.9 Å². The molecule has 8 heteroatoms. The average Bonchev–Trinajstić information content (AvgIpc) is 3.39. The molecule has 1 atom stereocenters. The van der Waals surface area contributed by atoms with Gasteiger partial charge in [-0.2, -0.15) is 0 Å². The van der Waals surface area contributed by atoms with Gasteiger partial charge in [0.25, 0.3) is 0 Å². The first-order valence-electron chi connectivity index (χ1n) is 12.9. The molecule has 0 aromatic rings. The number of hydrogen-bond acceptors (Lipinski definition) is 6. The molecule has 0 aromatic heterocycles. The van der Waals surface area contributed by atoms with Gasteiger partial charge in [-0.05, 0) is 46.1 Å². The number of likely N-dealkylation sites (tertiary alicyclic amines) is 1. The fourth-order valence-electron chi connectivity index (χ4n) is 3.72. The van der Waals surface area contributed by atoms with E-state index < -0.39 is 0 Å². The molecule has 34 heavy (non-hydrogen) atoms. The largest absolute Gasteiger partial charge is 0.463 e. The van der Waals surface area contributed by atoms with E-state index in [1.807, 2.05) is 17.1 Å². The molecule has 0 bridgehead atoms. The lowest BCUT2D eigenvalue weighted by Crippen LogP contribution is -2.37. The molecule has 196 valence electrons. The van der Waals surface area contributed by atoms with Gasteiger partial charge in [-0.1, -0.05) is 50.7 Å². The third-order valence-electron chi connectivity index (χ3n) is 5.68. The van der Waals surface area contributed by atoms with E-state index in [0.29, 0.717) is 19.4 Å². The number of nitrogens with zero attached hydrogens (tertiary/aromatic N) is 1. The Bertz CT molecular complexity index is 573. The van der Waals surface area contributed by atoms with E-state index in [0.717, 1.165) is 32.2 Å². The number of nitrogens with one attached hydrogen (secondary N) is 2. The number of esters is 1. The Morgan fingerprint density at radius 1 is 1.03 bits per heavy atom. The number of likely N-dealkylation sites (N-methyl/N-ethyl adjacent to an activating group) is 1. The second kappa shape index (κ2) is 22.6. The molecule has 1 saturated heterocycles. The number of carbonyl (C=O) groups is 4. The number of cyclic esters (lactones) is 1. The van der Waals surface area contributed by atoms with Gasteiger partial charge in [0.2, 0.25) is 11.8 Å². The van der Waals surface area contributed by atoms with Crippen LogP contribution in [0.2, 0.25) is 0 Å². The van der Waals surface area contributed by atoms with Crippen LogP contribution in [0.15, 0.2) is 12.2 Å². The topological polar surface area (TPSA) is 105 Å².